The molecule has 0 amide bonds. The zero-order chi connectivity index (χ0) is 12.3. The highest BCUT2D eigenvalue weighted by molar-refractivity contribution is 5.38. The molecule has 1 aliphatic rings. The van der Waals surface area contributed by atoms with Gasteiger partial charge in [-0.2, -0.15) is 0 Å². The van der Waals surface area contributed by atoms with Crippen molar-refractivity contribution in [2.75, 3.05) is 26.8 Å². The molecule has 1 saturated carbocycles. The SMILES string of the molecule is COCCNCC1(c2cc(C)cc(C)c2)CC1. The number of aryl methyl sites for hydroxylation is 2. The minimum atomic E-state index is 0.407. The Hall–Kier alpha value is -0.860. The lowest BCUT2D eigenvalue weighted by molar-refractivity contribution is 0.198. The molecule has 1 aromatic rings. The van der Waals surface area contributed by atoms with E-state index in [0.29, 0.717) is 5.41 Å². The van der Waals surface area contributed by atoms with Crippen molar-refractivity contribution in [1.82, 2.24) is 5.32 Å². The van der Waals surface area contributed by atoms with Gasteiger partial charge in [-0.3, -0.25) is 0 Å². The Labute approximate surface area is 104 Å². The maximum atomic E-state index is 5.06. The predicted octanol–water partition coefficient (Wildman–Crippen LogP) is 2.57. The standard InChI is InChI=1S/C15H23NO/c1-12-8-13(2)10-14(9-12)15(4-5-15)11-16-6-7-17-3/h8-10,16H,4-7,11H2,1-3H3. The van der Waals surface area contributed by atoms with Crippen molar-refractivity contribution >= 4 is 0 Å². The molecular weight excluding hydrogens is 210 g/mol. The summed E-state index contributed by atoms with van der Waals surface area (Å²) in [5, 5.41) is 3.50. The van der Waals surface area contributed by atoms with E-state index in [1.807, 2.05) is 0 Å². The van der Waals surface area contributed by atoms with Gasteiger partial charge in [0.05, 0.1) is 6.61 Å². The predicted molar refractivity (Wildman–Crippen MR) is 71.6 cm³/mol. The second kappa shape index (κ2) is 5.19. The van der Waals surface area contributed by atoms with E-state index in [1.54, 1.807) is 7.11 Å². The van der Waals surface area contributed by atoms with E-state index < -0.39 is 0 Å². The number of benzene rings is 1. The molecule has 0 atom stereocenters. The van der Waals surface area contributed by atoms with Crippen molar-refractivity contribution in [2.45, 2.75) is 32.1 Å². The van der Waals surface area contributed by atoms with Gasteiger partial charge >= 0.3 is 0 Å². The zero-order valence-electron chi connectivity index (χ0n) is 11.2. The van der Waals surface area contributed by atoms with Crippen LogP contribution in [-0.4, -0.2) is 26.8 Å². The monoisotopic (exact) mass is 233 g/mol. The fraction of sp³-hybridized carbons (Fsp3) is 0.600. The number of rotatable bonds is 6. The lowest BCUT2D eigenvalue weighted by Crippen LogP contribution is -2.29. The number of methoxy groups -OCH3 is 1. The van der Waals surface area contributed by atoms with Crippen LogP contribution >= 0.6 is 0 Å². The first-order valence-electron chi connectivity index (χ1n) is 6.45. The van der Waals surface area contributed by atoms with Gasteiger partial charge in [-0.25, -0.2) is 0 Å². The van der Waals surface area contributed by atoms with Crippen molar-refractivity contribution in [3.63, 3.8) is 0 Å². The van der Waals surface area contributed by atoms with Crippen LogP contribution in [0.15, 0.2) is 18.2 Å². The summed E-state index contributed by atoms with van der Waals surface area (Å²) in [6.45, 7) is 7.20. The minimum absolute atomic E-state index is 0.407. The molecule has 94 valence electrons. The van der Waals surface area contributed by atoms with Crippen LogP contribution in [0.4, 0.5) is 0 Å². The third kappa shape index (κ3) is 3.08. The van der Waals surface area contributed by atoms with E-state index in [-0.39, 0.29) is 0 Å². The van der Waals surface area contributed by atoms with Gasteiger partial charge in [0.2, 0.25) is 0 Å². The molecule has 0 aromatic heterocycles. The second-order valence-corrected chi connectivity index (χ2v) is 5.33. The van der Waals surface area contributed by atoms with E-state index >= 15 is 0 Å². The number of hydrogen-bond acceptors (Lipinski definition) is 2. The van der Waals surface area contributed by atoms with E-state index in [0.717, 1.165) is 19.7 Å². The summed E-state index contributed by atoms with van der Waals surface area (Å²) in [5.74, 6) is 0. The van der Waals surface area contributed by atoms with Crippen molar-refractivity contribution in [2.24, 2.45) is 0 Å². The molecule has 0 spiro atoms. The Morgan fingerprint density at radius 1 is 1.18 bits per heavy atom. The highest BCUT2D eigenvalue weighted by Crippen LogP contribution is 2.48. The van der Waals surface area contributed by atoms with Gasteiger partial charge < -0.3 is 10.1 Å². The molecule has 2 rings (SSSR count). The Balaban J connectivity index is 2.00. The van der Waals surface area contributed by atoms with Crippen molar-refractivity contribution in [1.29, 1.82) is 0 Å². The first-order chi connectivity index (χ1) is 8.16. The number of nitrogens with one attached hydrogen (secondary N) is 1. The maximum Gasteiger partial charge on any atom is 0.0587 e. The van der Waals surface area contributed by atoms with Crippen LogP contribution in [0.25, 0.3) is 0 Å². The maximum absolute atomic E-state index is 5.06. The fourth-order valence-electron chi connectivity index (χ4n) is 2.50. The molecule has 2 heteroatoms. The molecular formula is C15H23NO. The highest BCUT2D eigenvalue weighted by atomic mass is 16.5. The summed E-state index contributed by atoms with van der Waals surface area (Å²) in [6, 6.07) is 6.94. The van der Waals surface area contributed by atoms with E-state index in [1.165, 1.54) is 29.5 Å². The average Bonchev–Trinajstić information content (AvgIpc) is 3.04. The van der Waals surface area contributed by atoms with Gasteiger partial charge in [0.1, 0.15) is 0 Å². The summed E-state index contributed by atoms with van der Waals surface area (Å²) in [6.07, 6.45) is 2.63. The van der Waals surface area contributed by atoms with Crippen molar-refractivity contribution in [3.05, 3.63) is 34.9 Å². The van der Waals surface area contributed by atoms with Crippen molar-refractivity contribution in [3.8, 4) is 0 Å². The largest absolute Gasteiger partial charge is 0.383 e. The van der Waals surface area contributed by atoms with Gasteiger partial charge in [-0.05, 0) is 32.3 Å². The molecule has 1 aromatic carbocycles. The smallest absolute Gasteiger partial charge is 0.0587 e. The average molecular weight is 233 g/mol. The molecule has 0 radical (unpaired) electrons. The normalized spacial score (nSPS) is 17.1. The topological polar surface area (TPSA) is 21.3 Å². The van der Waals surface area contributed by atoms with Crippen LogP contribution in [0.1, 0.15) is 29.5 Å². The molecule has 0 unspecified atom stereocenters. The first kappa shape index (κ1) is 12.6. The number of ether oxygens (including phenoxy) is 1. The molecule has 1 N–H and O–H groups in total. The molecule has 0 aliphatic heterocycles. The molecule has 0 heterocycles. The van der Waals surface area contributed by atoms with Crippen molar-refractivity contribution < 1.29 is 4.74 Å². The molecule has 0 saturated heterocycles. The molecule has 2 nitrogen and oxygen atoms in total. The van der Waals surface area contributed by atoms with Crippen LogP contribution in [0.3, 0.4) is 0 Å². The third-order valence-corrected chi connectivity index (χ3v) is 3.63. The molecule has 1 fully saturated rings. The molecule has 17 heavy (non-hydrogen) atoms. The lowest BCUT2D eigenvalue weighted by atomic mass is 9.93. The van der Waals surface area contributed by atoms with Gasteiger partial charge in [-0.1, -0.05) is 29.3 Å². The van der Waals surface area contributed by atoms with E-state index in [9.17, 15) is 0 Å². The van der Waals surface area contributed by atoms with Crippen LogP contribution < -0.4 is 5.32 Å². The molecule has 1 aliphatic carbocycles. The lowest BCUT2D eigenvalue weighted by Gasteiger charge is -2.18. The number of hydrogen-bond donors (Lipinski definition) is 1. The summed E-state index contributed by atoms with van der Waals surface area (Å²) < 4.78 is 5.06. The first-order valence-corrected chi connectivity index (χ1v) is 6.45. The Bertz CT molecular complexity index is 362. The minimum Gasteiger partial charge on any atom is -0.383 e. The zero-order valence-corrected chi connectivity index (χ0v) is 11.2. The Morgan fingerprint density at radius 2 is 1.82 bits per heavy atom. The quantitative estimate of drug-likeness (QED) is 0.763. The second-order valence-electron chi connectivity index (χ2n) is 5.33. The Kier molecular flexibility index (Phi) is 3.85. The van der Waals surface area contributed by atoms with Gasteiger partial charge in [-0.15, -0.1) is 0 Å². The van der Waals surface area contributed by atoms with Gasteiger partial charge in [0, 0.05) is 25.6 Å². The third-order valence-electron chi connectivity index (χ3n) is 3.63. The highest BCUT2D eigenvalue weighted by Gasteiger charge is 2.43. The van der Waals surface area contributed by atoms with Gasteiger partial charge in [0.25, 0.3) is 0 Å². The Morgan fingerprint density at radius 3 is 2.35 bits per heavy atom. The van der Waals surface area contributed by atoms with Gasteiger partial charge in [0.15, 0.2) is 0 Å². The summed E-state index contributed by atoms with van der Waals surface area (Å²) >= 11 is 0. The summed E-state index contributed by atoms with van der Waals surface area (Å²) in [5.41, 5.74) is 4.68. The van der Waals surface area contributed by atoms with Crippen LogP contribution in [0.2, 0.25) is 0 Å². The van der Waals surface area contributed by atoms with E-state index in [2.05, 4.69) is 37.4 Å². The van der Waals surface area contributed by atoms with Crippen LogP contribution in [0, 0.1) is 13.8 Å². The summed E-state index contributed by atoms with van der Waals surface area (Å²) in [4.78, 5) is 0. The van der Waals surface area contributed by atoms with E-state index in [4.69, 9.17) is 4.74 Å². The van der Waals surface area contributed by atoms with Crippen LogP contribution in [0.5, 0.6) is 0 Å². The molecule has 0 bridgehead atoms. The van der Waals surface area contributed by atoms with Crippen LogP contribution in [-0.2, 0) is 10.2 Å². The summed E-state index contributed by atoms with van der Waals surface area (Å²) in [7, 11) is 1.75. The fourth-order valence-corrected chi connectivity index (χ4v) is 2.50.